The van der Waals surface area contributed by atoms with Gasteiger partial charge in [0.25, 0.3) is 9.05 Å². The van der Waals surface area contributed by atoms with Crippen LogP contribution >= 0.6 is 22.3 Å². The summed E-state index contributed by atoms with van der Waals surface area (Å²) in [4.78, 5) is -0.0467. The Bertz CT molecular complexity index is 532. The molecule has 15 heavy (non-hydrogen) atoms. The van der Waals surface area contributed by atoms with Gasteiger partial charge in [0.2, 0.25) is 0 Å². The minimum absolute atomic E-state index is 0.0467. The lowest BCUT2D eigenvalue weighted by molar-refractivity contribution is 0.609. The first-order valence-electron chi connectivity index (χ1n) is 3.94. The van der Waals surface area contributed by atoms with Gasteiger partial charge in [-0.05, 0) is 24.1 Å². The number of halogens is 2. The van der Waals surface area contributed by atoms with Crippen LogP contribution in [-0.2, 0) is 14.9 Å². The molecule has 6 heteroatoms. The van der Waals surface area contributed by atoms with E-state index < -0.39 is 9.05 Å². The quantitative estimate of drug-likeness (QED) is 0.609. The molecule has 0 amide bonds. The largest absolute Gasteiger partial charge is 0.261 e. The van der Waals surface area contributed by atoms with Crippen LogP contribution in [0.5, 0.6) is 0 Å². The van der Waals surface area contributed by atoms with Crippen molar-refractivity contribution in [3.8, 4) is 6.07 Å². The van der Waals surface area contributed by atoms with Crippen LogP contribution in [0, 0.1) is 18.3 Å². The van der Waals surface area contributed by atoms with Gasteiger partial charge in [-0.2, -0.15) is 5.26 Å². The SMILES string of the molecule is Cc1cc(CCl)c(C#N)cc1S(=O)(=O)Cl. The van der Waals surface area contributed by atoms with Gasteiger partial charge in [0.15, 0.2) is 0 Å². The molecule has 0 aromatic heterocycles. The van der Waals surface area contributed by atoms with Crippen LogP contribution in [0.3, 0.4) is 0 Å². The number of alkyl halides is 1. The van der Waals surface area contributed by atoms with E-state index in [1.807, 2.05) is 6.07 Å². The third kappa shape index (κ3) is 2.63. The van der Waals surface area contributed by atoms with Gasteiger partial charge in [-0.1, -0.05) is 6.07 Å². The highest BCUT2D eigenvalue weighted by atomic mass is 35.7. The van der Waals surface area contributed by atoms with Crippen molar-refractivity contribution in [1.29, 1.82) is 5.26 Å². The second kappa shape index (κ2) is 4.40. The number of hydrogen-bond donors (Lipinski definition) is 0. The highest BCUT2D eigenvalue weighted by molar-refractivity contribution is 8.13. The molecular formula is C9H7Cl2NO2S. The maximum absolute atomic E-state index is 11.1. The molecule has 0 saturated carbocycles. The maximum atomic E-state index is 11.1. The van der Waals surface area contributed by atoms with E-state index in [2.05, 4.69) is 0 Å². The van der Waals surface area contributed by atoms with Crippen molar-refractivity contribution in [2.24, 2.45) is 0 Å². The molecule has 0 N–H and O–H groups in total. The van der Waals surface area contributed by atoms with Crippen molar-refractivity contribution in [2.45, 2.75) is 17.7 Å². The molecule has 3 nitrogen and oxygen atoms in total. The number of benzene rings is 1. The standard InChI is InChI=1S/C9H7Cl2NO2S/c1-6-2-7(4-10)8(5-12)3-9(6)15(11,13)14/h2-3H,4H2,1H3. The molecule has 80 valence electrons. The van der Waals surface area contributed by atoms with Crippen LogP contribution < -0.4 is 0 Å². The molecule has 0 aliphatic heterocycles. The summed E-state index contributed by atoms with van der Waals surface area (Å²) in [6.45, 7) is 1.60. The van der Waals surface area contributed by atoms with Gasteiger partial charge in [0, 0.05) is 16.6 Å². The highest BCUT2D eigenvalue weighted by Crippen LogP contribution is 2.24. The minimum Gasteiger partial charge on any atom is -0.207 e. The third-order valence-corrected chi connectivity index (χ3v) is 3.68. The van der Waals surface area contributed by atoms with Crippen molar-refractivity contribution in [1.82, 2.24) is 0 Å². The van der Waals surface area contributed by atoms with Crippen LogP contribution in [0.25, 0.3) is 0 Å². The van der Waals surface area contributed by atoms with E-state index in [0.29, 0.717) is 11.1 Å². The zero-order valence-corrected chi connectivity index (χ0v) is 10.1. The fourth-order valence-electron chi connectivity index (χ4n) is 1.23. The van der Waals surface area contributed by atoms with Crippen molar-refractivity contribution in [3.63, 3.8) is 0 Å². The summed E-state index contributed by atoms with van der Waals surface area (Å²) in [7, 11) is 1.41. The monoisotopic (exact) mass is 263 g/mol. The molecule has 0 aliphatic carbocycles. The van der Waals surface area contributed by atoms with Crippen molar-refractivity contribution < 1.29 is 8.42 Å². The van der Waals surface area contributed by atoms with Crippen LogP contribution in [0.4, 0.5) is 0 Å². The molecule has 0 spiro atoms. The van der Waals surface area contributed by atoms with Gasteiger partial charge in [-0.15, -0.1) is 11.6 Å². The second-order valence-corrected chi connectivity index (χ2v) is 5.76. The van der Waals surface area contributed by atoms with Crippen LogP contribution in [0.2, 0.25) is 0 Å². The van der Waals surface area contributed by atoms with Gasteiger partial charge in [-0.25, -0.2) is 8.42 Å². The first-order chi connectivity index (χ1) is 6.90. The summed E-state index contributed by atoms with van der Waals surface area (Å²) in [6.07, 6.45) is 0. The van der Waals surface area contributed by atoms with Crippen molar-refractivity contribution >= 4 is 31.3 Å². The number of rotatable bonds is 2. The fourth-order valence-corrected chi connectivity index (χ4v) is 2.65. The van der Waals surface area contributed by atoms with Crippen molar-refractivity contribution in [2.75, 3.05) is 0 Å². The summed E-state index contributed by atoms with van der Waals surface area (Å²) in [5, 5.41) is 8.78. The predicted octanol–water partition coefficient (Wildman–Crippen LogP) is 2.53. The van der Waals surface area contributed by atoms with E-state index in [-0.39, 0.29) is 16.3 Å². The summed E-state index contributed by atoms with van der Waals surface area (Å²) < 4.78 is 22.3. The molecule has 1 rings (SSSR count). The van der Waals surface area contributed by atoms with Gasteiger partial charge >= 0.3 is 0 Å². The van der Waals surface area contributed by atoms with Crippen molar-refractivity contribution in [3.05, 3.63) is 28.8 Å². The summed E-state index contributed by atoms with van der Waals surface area (Å²) in [6, 6.07) is 4.68. The molecule has 0 unspecified atom stereocenters. The molecule has 0 radical (unpaired) electrons. The molecule has 1 aromatic rings. The molecule has 0 fully saturated rings. The molecule has 0 saturated heterocycles. The normalized spacial score (nSPS) is 11.1. The summed E-state index contributed by atoms with van der Waals surface area (Å²) in [5.41, 5.74) is 1.32. The van der Waals surface area contributed by atoms with Gasteiger partial charge in [-0.3, -0.25) is 0 Å². The fraction of sp³-hybridized carbons (Fsp3) is 0.222. The number of nitriles is 1. The van der Waals surface area contributed by atoms with Gasteiger partial charge < -0.3 is 0 Å². The average Bonchev–Trinajstić information content (AvgIpc) is 2.15. The van der Waals surface area contributed by atoms with E-state index in [4.69, 9.17) is 27.5 Å². The lowest BCUT2D eigenvalue weighted by atomic mass is 10.1. The lowest BCUT2D eigenvalue weighted by Crippen LogP contribution is -1.98. The molecule has 0 atom stereocenters. The Balaban J connectivity index is 3.55. The maximum Gasteiger partial charge on any atom is 0.261 e. The molecule has 0 aliphatic rings. The van der Waals surface area contributed by atoms with Crippen LogP contribution in [-0.4, -0.2) is 8.42 Å². The Morgan fingerprint density at radius 1 is 1.47 bits per heavy atom. The zero-order valence-electron chi connectivity index (χ0n) is 7.79. The van der Waals surface area contributed by atoms with E-state index in [9.17, 15) is 8.42 Å². The Kier molecular flexibility index (Phi) is 3.61. The lowest BCUT2D eigenvalue weighted by Gasteiger charge is -2.06. The number of nitrogens with zero attached hydrogens (tertiary/aromatic N) is 1. The Morgan fingerprint density at radius 3 is 2.47 bits per heavy atom. The van der Waals surface area contributed by atoms with Crippen LogP contribution in [0.1, 0.15) is 16.7 Å². The molecule has 0 bridgehead atoms. The third-order valence-electron chi connectivity index (χ3n) is 1.93. The number of aryl methyl sites for hydroxylation is 1. The highest BCUT2D eigenvalue weighted by Gasteiger charge is 2.16. The number of hydrogen-bond acceptors (Lipinski definition) is 3. The van der Waals surface area contributed by atoms with E-state index in [1.54, 1.807) is 13.0 Å². The van der Waals surface area contributed by atoms with Crippen LogP contribution in [0.15, 0.2) is 17.0 Å². The first-order valence-corrected chi connectivity index (χ1v) is 6.78. The molecule has 1 aromatic carbocycles. The molecule has 0 heterocycles. The van der Waals surface area contributed by atoms with E-state index >= 15 is 0 Å². The average molecular weight is 264 g/mol. The topological polar surface area (TPSA) is 57.9 Å². The Labute approximate surface area is 97.7 Å². The smallest absolute Gasteiger partial charge is 0.207 e. The summed E-state index contributed by atoms with van der Waals surface area (Å²) >= 11 is 5.62. The first kappa shape index (κ1) is 12.3. The van der Waals surface area contributed by atoms with Gasteiger partial charge in [0.05, 0.1) is 16.5 Å². The van der Waals surface area contributed by atoms with Gasteiger partial charge in [0.1, 0.15) is 0 Å². The zero-order chi connectivity index (χ0) is 11.6. The Hall–Kier alpha value is -0.760. The molecular weight excluding hydrogens is 257 g/mol. The summed E-state index contributed by atoms with van der Waals surface area (Å²) in [5.74, 6) is 0.159. The van der Waals surface area contributed by atoms with E-state index in [1.165, 1.54) is 6.07 Å². The predicted molar refractivity (Wildman–Crippen MR) is 58.5 cm³/mol. The van der Waals surface area contributed by atoms with E-state index in [0.717, 1.165) is 0 Å². The second-order valence-electron chi connectivity index (χ2n) is 2.96. The minimum atomic E-state index is -3.81. The Morgan fingerprint density at radius 2 is 2.07 bits per heavy atom.